The summed E-state index contributed by atoms with van der Waals surface area (Å²) in [4.78, 5) is 14.7. The molecule has 0 saturated carbocycles. The zero-order chi connectivity index (χ0) is 20.5. The van der Waals surface area contributed by atoms with E-state index in [4.69, 9.17) is 4.74 Å². The molecular formula is C18H15F3N2O4S. The van der Waals surface area contributed by atoms with Gasteiger partial charge in [-0.05, 0) is 48.0 Å². The van der Waals surface area contributed by atoms with Crippen molar-refractivity contribution >= 4 is 26.8 Å². The van der Waals surface area contributed by atoms with Crippen LogP contribution in [0, 0.1) is 0 Å². The van der Waals surface area contributed by atoms with Gasteiger partial charge in [0.2, 0.25) is 5.91 Å². The van der Waals surface area contributed by atoms with Crippen molar-refractivity contribution in [3.05, 3.63) is 59.8 Å². The van der Waals surface area contributed by atoms with Gasteiger partial charge in [0.1, 0.15) is 5.75 Å². The number of methoxy groups -OCH3 is 1. The summed E-state index contributed by atoms with van der Waals surface area (Å²) in [6.07, 6.45) is -3.25. The lowest BCUT2D eigenvalue weighted by atomic mass is 10.1. The number of hydrogen-bond acceptors (Lipinski definition) is 4. The SMILES string of the molecule is COc1ccc2[nH]cc(CC(=O)NS(=O)(=O)c3ccc(C(F)(F)F)cc3)c2c1. The van der Waals surface area contributed by atoms with Crippen molar-refractivity contribution in [2.45, 2.75) is 17.5 Å². The largest absolute Gasteiger partial charge is 0.497 e. The van der Waals surface area contributed by atoms with Gasteiger partial charge >= 0.3 is 6.18 Å². The highest BCUT2D eigenvalue weighted by molar-refractivity contribution is 7.90. The number of fused-ring (bicyclic) bond motifs is 1. The number of aromatic nitrogens is 1. The third-order valence-corrected chi connectivity index (χ3v) is 5.45. The third kappa shape index (κ3) is 4.11. The first-order valence-electron chi connectivity index (χ1n) is 7.97. The summed E-state index contributed by atoms with van der Waals surface area (Å²) in [5, 5.41) is 0.696. The van der Waals surface area contributed by atoms with Crippen LogP contribution in [-0.2, 0) is 27.4 Å². The van der Waals surface area contributed by atoms with Gasteiger partial charge in [-0.3, -0.25) is 4.79 Å². The summed E-state index contributed by atoms with van der Waals surface area (Å²) in [5.74, 6) is -0.241. The number of benzene rings is 2. The summed E-state index contributed by atoms with van der Waals surface area (Å²) in [6, 6.07) is 8.09. The number of nitrogens with one attached hydrogen (secondary N) is 2. The Morgan fingerprint density at radius 1 is 1.14 bits per heavy atom. The van der Waals surface area contributed by atoms with E-state index < -0.39 is 32.6 Å². The highest BCUT2D eigenvalue weighted by atomic mass is 32.2. The Balaban J connectivity index is 1.77. The summed E-state index contributed by atoms with van der Waals surface area (Å²) < 4.78 is 69.3. The first-order chi connectivity index (χ1) is 13.1. The minimum atomic E-state index is -4.58. The Labute approximate surface area is 158 Å². The molecule has 3 rings (SSSR count). The highest BCUT2D eigenvalue weighted by Crippen LogP contribution is 2.29. The Kier molecular flexibility index (Phi) is 5.07. The number of hydrogen-bond donors (Lipinski definition) is 2. The van der Waals surface area contributed by atoms with Crippen LogP contribution in [0.15, 0.2) is 53.6 Å². The molecule has 0 unspecified atom stereocenters. The van der Waals surface area contributed by atoms with Gasteiger partial charge in [-0.25, -0.2) is 13.1 Å². The average Bonchev–Trinajstić information content (AvgIpc) is 3.02. The van der Waals surface area contributed by atoms with Crippen molar-refractivity contribution in [3.8, 4) is 5.75 Å². The second-order valence-electron chi connectivity index (χ2n) is 5.95. The van der Waals surface area contributed by atoms with E-state index in [1.807, 2.05) is 4.72 Å². The molecule has 1 amide bonds. The molecule has 0 saturated heterocycles. The number of carbonyl (C=O) groups is 1. The van der Waals surface area contributed by atoms with Crippen LogP contribution in [0.1, 0.15) is 11.1 Å². The van der Waals surface area contributed by atoms with Gasteiger partial charge in [0.25, 0.3) is 10.0 Å². The topological polar surface area (TPSA) is 88.3 Å². The van der Waals surface area contributed by atoms with E-state index in [1.54, 1.807) is 24.4 Å². The van der Waals surface area contributed by atoms with Crippen molar-refractivity contribution in [3.63, 3.8) is 0 Å². The summed E-state index contributed by atoms with van der Waals surface area (Å²) in [6.45, 7) is 0. The van der Waals surface area contributed by atoms with Gasteiger partial charge in [-0.15, -0.1) is 0 Å². The van der Waals surface area contributed by atoms with E-state index in [2.05, 4.69) is 4.98 Å². The molecule has 6 nitrogen and oxygen atoms in total. The molecule has 0 fully saturated rings. The van der Waals surface area contributed by atoms with Crippen molar-refractivity contribution in [1.29, 1.82) is 0 Å². The number of sulfonamides is 1. The lowest BCUT2D eigenvalue weighted by Crippen LogP contribution is -2.31. The second-order valence-corrected chi connectivity index (χ2v) is 7.64. The predicted octanol–water partition coefficient (Wildman–Crippen LogP) is 3.24. The van der Waals surface area contributed by atoms with E-state index in [0.29, 0.717) is 28.8 Å². The average molecular weight is 412 g/mol. The Morgan fingerprint density at radius 3 is 2.43 bits per heavy atom. The monoisotopic (exact) mass is 412 g/mol. The van der Waals surface area contributed by atoms with E-state index >= 15 is 0 Å². The van der Waals surface area contributed by atoms with Crippen molar-refractivity contribution < 1.29 is 31.1 Å². The number of ether oxygens (including phenoxy) is 1. The molecule has 0 atom stereocenters. The van der Waals surface area contributed by atoms with E-state index in [-0.39, 0.29) is 6.42 Å². The quantitative estimate of drug-likeness (QED) is 0.674. The Bertz CT molecular complexity index is 1120. The maximum atomic E-state index is 12.6. The predicted molar refractivity (Wildman–Crippen MR) is 95.3 cm³/mol. The van der Waals surface area contributed by atoms with E-state index in [0.717, 1.165) is 17.6 Å². The number of rotatable bonds is 5. The van der Waals surface area contributed by atoms with Crippen molar-refractivity contribution in [2.24, 2.45) is 0 Å². The number of halogens is 3. The zero-order valence-corrected chi connectivity index (χ0v) is 15.3. The van der Waals surface area contributed by atoms with Gasteiger partial charge in [0.05, 0.1) is 24.0 Å². The lowest BCUT2D eigenvalue weighted by Gasteiger charge is -2.09. The van der Waals surface area contributed by atoms with Crippen LogP contribution >= 0.6 is 0 Å². The molecule has 10 heteroatoms. The summed E-state index contributed by atoms with van der Waals surface area (Å²) in [5.41, 5.74) is 0.314. The normalized spacial score (nSPS) is 12.1. The standard InChI is InChI=1S/C18H15F3N2O4S/c1-27-13-4-7-16-15(9-13)11(10-22-16)8-17(24)23-28(25,26)14-5-2-12(3-6-14)18(19,20)21/h2-7,9-10,22H,8H2,1H3,(H,23,24). The van der Waals surface area contributed by atoms with E-state index in [9.17, 15) is 26.4 Å². The molecule has 0 aliphatic carbocycles. The van der Waals surface area contributed by atoms with Crippen molar-refractivity contribution in [2.75, 3.05) is 7.11 Å². The number of alkyl halides is 3. The number of carbonyl (C=O) groups excluding carboxylic acids is 1. The maximum absolute atomic E-state index is 12.6. The summed E-state index contributed by atoms with van der Waals surface area (Å²) in [7, 11) is -2.80. The molecule has 0 aliphatic rings. The van der Waals surface area contributed by atoms with Gasteiger partial charge < -0.3 is 9.72 Å². The fourth-order valence-electron chi connectivity index (χ4n) is 2.67. The van der Waals surface area contributed by atoms with Gasteiger partial charge in [-0.2, -0.15) is 13.2 Å². The van der Waals surface area contributed by atoms with Crippen LogP contribution in [0.4, 0.5) is 13.2 Å². The first kappa shape index (κ1) is 19.7. The summed E-state index contributed by atoms with van der Waals surface area (Å²) >= 11 is 0. The van der Waals surface area contributed by atoms with Crippen LogP contribution < -0.4 is 9.46 Å². The Hall–Kier alpha value is -3.01. The molecule has 0 spiro atoms. The Morgan fingerprint density at radius 2 is 1.82 bits per heavy atom. The van der Waals surface area contributed by atoms with Crippen LogP contribution in [0.3, 0.4) is 0 Å². The number of aromatic amines is 1. The fraction of sp³-hybridized carbons (Fsp3) is 0.167. The second kappa shape index (κ2) is 7.19. The minimum absolute atomic E-state index is 0.243. The molecule has 2 N–H and O–H groups in total. The smallest absolute Gasteiger partial charge is 0.416 e. The maximum Gasteiger partial charge on any atom is 0.416 e. The molecule has 1 aromatic heterocycles. The number of H-pyrrole nitrogens is 1. The molecule has 28 heavy (non-hydrogen) atoms. The zero-order valence-electron chi connectivity index (χ0n) is 14.5. The third-order valence-electron chi connectivity index (χ3n) is 4.07. The van der Waals surface area contributed by atoms with Crippen LogP contribution in [0.2, 0.25) is 0 Å². The highest BCUT2D eigenvalue weighted by Gasteiger charge is 2.30. The molecular weight excluding hydrogens is 397 g/mol. The molecule has 0 aliphatic heterocycles. The number of amides is 1. The van der Waals surface area contributed by atoms with Gasteiger partial charge in [-0.1, -0.05) is 0 Å². The first-order valence-corrected chi connectivity index (χ1v) is 9.45. The molecule has 2 aromatic carbocycles. The molecule has 0 bridgehead atoms. The van der Waals surface area contributed by atoms with Crippen LogP contribution in [-0.4, -0.2) is 26.4 Å². The van der Waals surface area contributed by atoms with Crippen molar-refractivity contribution in [1.82, 2.24) is 9.71 Å². The molecule has 3 aromatic rings. The van der Waals surface area contributed by atoms with Gasteiger partial charge in [0.15, 0.2) is 0 Å². The van der Waals surface area contributed by atoms with Crippen LogP contribution in [0.5, 0.6) is 5.75 Å². The lowest BCUT2D eigenvalue weighted by molar-refractivity contribution is -0.137. The van der Waals surface area contributed by atoms with Crippen LogP contribution in [0.25, 0.3) is 10.9 Å². The molecule has 148 valence electrons. The molecule has 0 radical (unpaired) electrons. The minimum Gasteiger partial charge on any atom is -0.497 e. The van der Waals surface area contributed by atoms with Gasteiger partial charge in [0, 0.05) is 17.1 Å². The van der Waals surface area contributed by atoms with E-state index in [1.165, 1.54) is 7.11 Å². The fourth-order valence-corrected chi connectivity index (χ4v) is 3.66. The molecule has 1 heterocycles.